The van der Waals surface area contributed by atoms with Crippen LogP contribution in [0.4, 0.5) is 0 Å². The molecule has 0 radical (unpaired) electrons. The number of carbonyl (C=O) groups is 1. The Morgan fingerprint density at radius 1 is 1.08 bits per heavy atom. The number of rotatable bonds is 6. The van der Waals surface area contributed by atoms with Crippen molar-refractivity contribution in [1.29, 1.82) is 5.26 Å². The highest BCUT2D eigenvalue weighted by Crippen LogP contribution is 2.20. The molecule has 6 nitrogen and oxygen atoms in total. The predicted molar refractivity (Wildman–Crippen MR) is 89.7 cm³/mol. The first kappa shape index (κ1) is 16.3. The molecule has 6 heteroatoms. The summed E-state index contributed by atoms with van der Waals surface area (Å²) in [4.78, 5) is 11.9. The van der Waals surface area contributed by atoms with Crippen molar-refractivity contribution in [1.82, 2.24) is 9.78 Å². The average molecular weight is 333 g/mol. The van der Waals surface area contributed by atoms with E-state index in [-0.39, 0.29) is 19.1 Å². The van der Waals surface area contributed by atoms with Gasteiger partial charge in [0.2, 0.25) is 0 Å². The quantitative estimate of drug-likeness (QED) is 0.647. The number of nitriles is 1. The molecule has 0 saturated heterocycles. The Bertz CT molecular complexity index is 880. The van der Waals surface area contributed by atoms with Gasteiger partial charge in [0.25, 0.3) is 0 Å². The van der Waals surface area contributed by atoms with Crippen LogP contribution in [0.5, 0.6) is 11.5 Å². The van der Waals surface area contributed by atoms with E-state index < -0.39 is 0 Å². The molecular weight excluding hydrogens is 318 g/mol. The Morgan fingerprint density at radius 3 is 2.56 bits per heavy atom. The van der Waals surface area contributed by atoms with Gasteiger partial charge in [-0.05, 0) is 29.8 Å². The lowest BCUT2D eigenvalue weighted by Gasteiger charge is -2.05. The van der Waals surface area contributed by atoms with Gasteiger partial charge in [-0.1, -0.05) is 30.3 Å². The Balaban J connectivity index is 1.52. The molecule has 0 amide bonds. The lowest BCUT2D eigenvalue weighted by molar-refractivity contribution is -0.145. The summed E-state index contributed by atoms with van der Waals surface area (Å²) in [7, 11) is 0. The molecular formula is C19H15N3O3. The fourth-order valence-corrected chi connectivity index (χ4v) is 2.13. The van der Waals surface area contributed by atoms with E-state index in [0.717, 1.165) is 5.56 Å². The van der Waals surface area contributed by atoms with Gasteiger partial charge in [0.05, 0.1) is 24.0 Å². The third-order valence-electron chi connectivity index (χ3n) is 3.36. The van der Waals surface area contributed by atoms with Crippen LogP contribution in [-0.2, 0) is 22.7 Å². The van der Waals surface area contributed by atoms with E-state index in [4.69, 9.17) is 14.7 Å². The van der Waals surface area contributed by atoms with E-state index in [1.165, 1.54) is 10.9 Å². The van der Waals surface area contributed by atoms with Crippen molar-refractivity contribution in [2.45, 2.75) is 13.2 Å². The minimum atomic E-state index is -0.378. The van der Waals surface area contributed by atoms with Crippen LogP contribution >= 0.6 is 0 Å². The number of hydrogen-bond donors (Lipinski definition) is 0. The second-order valence-corrected chi connectivity index (χ2v) is 5.26. The predicted octanol–water partition coefficient (Wildman–Crippen LogP) is 3.29. The fourth-order valence-electron chi connectivity index (χ4n) is 2.13. The molecule has 0 unspecified atom stereocenters. The van der Waals surface area contributed by atoms with Crippen LogP contribution in [0.3, 0.4) is 0 Å². The normalized spacial score (nSPS) is 10.0. The largest absolute Gasteiger partial charge is 0.459 e. The molecule has 124 valence electrons. The van der Waals surface area contributed by atoms with Crippen molar-refractivity contribution in [2.24, 2.45) is 0 Å². The molecule has 0 fully saturated rings. The van der Waals surface area contributed by atoms with Crippen LogP contribution < -0.4 is 4.74 Å². The first-order valence-electron chi connectivity index (χ1n) is 7.63. The number of ether oxygens (including phenoxy) is 2. The van der Waals surface area contributed by atoms with Gasteiger partial charge in [-0.3, -0.25) is 9.48 Å². The lowest BCUT2D eigenvalue weighted by Crippen LogP contribution is -2.13. The summed E-state index contributed by atoms with van der Waals surface area (Å²) in [6, 6.07) is 18.3. The first-order chi connectivity index (χ1) is 12.2. The molecule has 2 aromatic carbocycles. The molecule has 0 aliphatic heterocycles. The molecule has 0 aliphatic carbocycles. The van der Waals surface area contributed by atoms with Crippen LogP contribution in [0.1, 0.15) is 11.1 Å². The molecule has 0 atom stereocenters. The van der Waals surface area contributed by atoms with E-state index in [9.17, 15) is 4.79 Å². The van der Waals surface area contributed by atoms with Crippen molar-refractivity contribution < 1.29 is 14.3 Å². The smallest absolute Gasteiger partial charge is 0.328 e. The van der Waals surface area contributed by atoms with Crippen molar-refractivity contribution in [3.8, 4) is 17.6 Å². The summed E-state index contributed by atoms with van der Waals surface area (Å²) < 4.78 is 12.3. The average Bonchev–Trinajstić information content (AvgIpc) is 3.08. The third-order valence-corrected chi connectivity index (χ3v) is 3.36. The highest BCUT2D eigenvalue weighted by atomic mass is 16.5. The van der Waals surface area contributed by atoms with Crippen LogP contribution in [0, 0.1) is 11.3 Å². The van der Waals surface area contributed by atoms with E-state index in [1.807, 2.05) is 36.4 Å². The van der Waals surface area contributed by atoms with Crippen molar-refractivity contribution >= 4 is 5.97 Å². The van der Waals surface area contributed by atoms with Gasteiger partial charge >= 0.3 is 5.97 Å². The molecule has 25 heavy (non-hydrogen) atoms. The molecule has 0 N–H and O–H groups in total. The molecule has 1 heterocycles. The minimum Gasteiger partial charge on any atom is -0.459 e. The summed E-state index contributed by atoms with van der Waals surface area (Å²) >= 11 is 0. The Morgan fingerprint density at radius 2 is 1.84 bits per heavy atom. The number of aromatic nitrogens is 2. The van der Waals surface area contributed by atoms with Gasteiger partial charge in [-0.25, -0.2) is 0 Å². The van der Waals surface area contributed by atoms with E-state index >= 15 is 0 Å². The minimum absolute atomic E-state index is 0.00354. The Hall–Kier alpha value is -3.59. The van der Waals surface area contributed by atoms with E-state index in [0.29, 0.717) is 17.1 Å². The number of esters is 1. The fraction of sp³-hybridized carbons (Fsp3) is 0.105. The van der Waals surface area contributed by atoms with Crippen LogP contribution in [0.2, 0.25) is 0 Å². The standard InChI is InChI=1S/C19H15N3O3/c20-10-15-6-8-17(9-7-15)25-18-11-21-22(12-18)13-19(23)24-14-16-4-2-1-3-5-16/h1-9,11-12H,13-14H2. The topological polar surface area (TPSA) is 77.1 Å². The Labute approximate surface area is 144 Å². The summed E-state index contributed by atoms with van der Waals surface area (Å²) in [5.74, 6) is 0.711. The summed E-state index contributed by atoms with van der Waals surface area (Å²) in [5, 5.41) is 12.9. The maximum atomic E-state index is 11.9. The SMILES string of the molecule is N#Cc1ccc(Oc2cnn(CC(=O)OCc3ccccc3)c2)cc1. The van der Waals surface area contributed by atoms with Gasteiger partial charge in [-0.15, -0.1) is 0 Å². The molecule has 3 aromatic rings. The van der Waals surface area contributed by atoms with Crippen molar-refractivity contribution in [3.63, 3.8) is 0 Å². The zero-order chi connectivity index (χ0) is 17.5. The number of nitrogens with zero attached hydrogens (tertiary/aromatic N) is 3. The van der Waals surface area contributed by atoms with Gasteiger partial charge in [-0.2, -0.15) is 10.4 Å². The van der Waals surface area contributed by atoms with Crippen molar-refractivity contribution in [2.75, 3.05) is 0 Å². The van der Waals surface area contributed by atoms with Gasteiger partial charge < -0.3 is 9.47 Å². The highest BCUT2D eigenvalue weighted by molar-refractivity contribution is 5.69. The zero-order valence-electron chi connectivity index (χ0n) is 13.3. The van der Waals surface area contributed by atoms with E-state index in [2.05, 4.69) is 5.10 Å². The van der Waals surface area contributed by atoms with Gasteiger partial charge in [0, 0.05) is 0 Å². The molecule has 0 saturated carbocycles. The number of benzene rings is 2. The number of carbonyl (C=O) groups excluding carboxylic acids is 1. The van der Waals surface area contributed by atoms with Crippen LogP contribution in [-0.4, -0.2) is 15.7 Å². The second kappa shape index (κ2) is 7.79. The van der Waals surface area contributed by atoms with Gasteiger partial charge in [0.1, 0.15) is 18.9 Å². The van der Waals surface area contributed by atoms with Crippen LogP contribution in [0.15, 0.2) is 67.0 Å². The molecule has 3 rings (SSSR count). The first-order valence-corrected chi connectivity index (χ1v) is 7.63. The van der Waals surface area contributed by atoms with Crippen molar-refractivity contribution in [3.05, 3.63) is 78.1 Å². The highest BCUT2D eigenvalue weighted by Gasteiger charge is 2.08. The monoisotopic (exact) mass is 333 g/mol. The molecule has 0 bridgehead atoms. The third kappa shape index (κ3) is 4.69. The second-order valence-electron chi connectivity index (χ2n) is 5.26. The molecule has 0 aliphatic rings. The molecule has 1 aromatic heterocycles. The maximum Gasteiger partial charge on any atom is 0.328 e. The summed E-state index contributed by atoms with van der Waals surface area (Å²) in [6.07, 6.45) is 3.13. The van der Waals surface area contributed by atoms with Crippen LogP contribution in [0.25, 0.3) is 0 Å². The maximum absolute atomic E-state index is 11.9. The number of hydrogen-bond acceptors (Lipinski definition) is 5. The summed E-state index contributed by atoms with van der Waals surface area (Å²) in [5.41, 5.74) is 1.49. The van der Waals surface area contributed by atoms with Gasteiger partial charge in [0.15, 0.2) is 5.75 Å². The summed E-state index contributed by atoms with van der Waals surface area (Å²) in [6.45, 7) is 0.235. The van der Waals surface area contributed by atoms with E-state index in [1.54, 1.807) is 30.5 Å². The Kier molecular flexibility index (Phi) is 5.07. The molecule has 0 spiro atoms. The lowest BCUT2D eigenvalue weighted by atomic mass is 10.2. The zero-order valence-corrected chi connectivity index (χ0v) is 13.3.